The lowest BCUT2D eigenvalue weighted by molar-refractivity contribution is -0.0436. The van der Waals surface area contributed by atoms with Crippen LogP contribution in [-0.2, 0) is 27.7 Å². The number of hydrogen-bond donors (Lipinski definition) is 2. The lowest BCUT2D eigenvalue weighted by atomic mass is 9.75. The van der Waals surface area contributed by atoms with Crippen LogP contribution >= 0.6 is 0 Å². The smallest absolute Gasteiger partial charge is 0.423 e. The first-order valence-electron chi connectivity index (χ1n) is 10.3. The molecule has 0 fully saturated rings. The molecular formula is C21H20BF3N4O4S. The van der Waals surface area contributed by atoms with Crippen LogP contribution in [-0.4, -0.2) is 36.0 Å². The Morgan fingerprint density at radius 3 is 2.59 bits per heavy atom. The first-order valence-corrected chi connectivity index (χ1v) is 11.7. The number of alkyl halides is 3. The Kier molecular flexibility index (Phi) is 6.27. The molecule has 0 amide bonds. The van der Waals surface area contributed by atoms with Crippen LogP contribution < -0.4 is 15.1 Å². The van der Waals surface area contributed by atoms with E-state index in [-0.39, 0.29) is 22.4 Å². The second-order valence-electron chi connectivity index (χ2n) is 7.60. The third-order valence-corrected chi connectivity index (χ3v) is 6.75. The number of hydrogen-bond acceptors (Lipinski definition) is 7. The van der Waals surface area contributed by atoms with Crippen molar-refractivity contribution in [2.45, 2.75) is 32.4 Å². The summed E-state index contributed by atoms with van der Waals surface area (Å²) < 4.78 is 71.8. The second-order valence-corrected chi connectivity index (χ2v) is 9.38. The molecule has 1 aromatic heterocycles. The van der Waals surface area contributed by atoms with Crippen molar-refractivity contribution in [1.29, 1.82) is 0 Å². The van der Waals surface area contributed by atoms with E-state index in [9.17, 15) is 26.6 Å². The maximum absolute atomic E-state index is 13.7. The molecule has 0 aliphatic carbocycles. The highest BCUT2D eigenvalue weighted by Crippen LogP contribution is 2.37. The molecule has 4 rings (SSSR count). The van der Waals surface area contributed by atoms with Gasteiger partial charge in [0.2, 0.25) is 5.95 Å². The lowest BCUT2D eigenvalue weighted by Gasteiger charge is -2.25. The summed E-state index contributed by atoms with van der Waals surface area (Å²) in [6.45, 7) is 3.30. The highest BCUT2D eigenvalue weighted by atomic mass is 32.2. The van der Waals surface area contributed by atoms with Crippen molar-refractivity contribution in [3.8, 4) is 0 Å². The number of nitrogens with one attached hydrogen (secondary N) is 1. The van der Waals surface area contributed by atoms with Crippen LogP contribution in [0.25, 0.3) is 0 Å². The maximum atomic E-state index is 13.7. The van der Waals surface area contributed by atoms with Gasteiger partial charge in [-0.05, 0) is 54.2 Å². The first kappa shape index (κ1) is 24.0. The monoisotopic (exact) mass is 492 g/mol. The molecule has 0 atom stereocenters. The number of benzene rings is 2. The molecule has 0 bridgehead atoms. The van der Waals surface area contributed by atoms with Gasteiger partial charge in [0.25, 0.3) is 0 Å². The van der Waals surface area contributed by atoms with Gasteiger partial charge in [0.15, 0.2) is 0 Å². The third kappa shape index (κ3) is 4.33. The highest BCUT2D eigenvalue weighted by Gasteiger charge is 2.52. The third-order valence-electron chi connectivity index (χ3n) is 5.31. The quantitative estimate of drug-likeness (QED) is 0.509. The molecule has 2 heterocycles. The Morgan fingerprint density at radius 2 is 1.94 bits per heavy atom. The Balaban J connectivity index is 1.89. The Bertz CT molecular complexity index is 1320. The van der Waals surface area contributed by atoms with Gasteiger partial charge in [-0.3, -0.25) is 0 Å². The average molecular weight is 492 g/mol. The van der Waals surface area contributed by atoms with Gasteiger partial charge in [-0.1, -0.05) is 25.1 Å². The Labute approximate surface area is 194 Å². The van der Waals surface area contributed by atoms with Gasteiger partial charge in [0.1, 0.15) is 5.82 Å². The van der Waals surface area contributed by atoms with Crippen LogP contribution in [0.5, 0.6) is 0 Å². The van der Waals surface area contributed by atoms with E-state index >= 15 is 0 Å². The fraction of sp³-hybridized carbons (Fsp3) is 0.238. The summed E-state index contributed by atoms with van der Waals surface area (Å²) >= 11 is 0. The number of rotatable bonds is 6. The van der Waals surface area contributed by atoms with Gasteiger partial charge in [0, 0.05) is 17.4 Å². The molecule has 0 unspecified atom stereocenters. The minimum atomic E-state index is -5.93. The number of halogens is 3. The van der Waals surface area contributed by atoms with E-state index in [4.69, 9.17) is 4.65 Å². The molecule has 1 aliphatic heterocycles. The molecule has 13 heteroatoms. The van der Waals surface area contributed by atoms with Crippen LogP contribution in [0.4, 0.5) is 36.3 Å². The number of nitrogens with zero attached hydrogens (tertiary/aromatic N) is 3. The normalized spacial score (nSPS) is 13.6. The van der Waals surface area contributed by atoms with Gasteiger partial charge in [-0.25, -0.2) is 4.98 Å². The minimum absolute atomic E-state index is 0.0761. The van der Waals surface area contributed by atoms with Gasteiger partial charge < -0.3 is 15.0 Å². The number of sulfonamides is 1. The number of aromatic nitrogens is 2. The zero-order valence-electron chi connectivity index (χ0n) is 18.2. The van der Waals surface area contributed by atoms with E-state index in [1.807, 2.05) is 0 Å². The molecular weight excluding hydrogens is 472 g/mol. The van der Waals surface area contributed by atoms with Gasteiger partial charge >= 0.3 is 22.7 Å². The molecule has 0 saturated carbocycles. The molecule has 2 aromatic carbocycles. The van der Waals surface area contributed by atoms with Crippen molar-refractivity contribution in [1.82, 2.24) is 9.97 Å². The number of aryl methyl sites for hydroxylation is 2. The summed E-state index contributed by atoms with van der Waals surface area (Å²) in [5.74, 6) is -0.531. The highest BCUT2D eigenvalue weighted by molar-refractivity contribution is 7.94. The SMILES string of the molecule is CCc1cc(N(c2ncc(C)c(Nc3ccccc3)n2)S(=O)(=O)C(F)(F)F)cc2c1B(O)OC2. The summed E-state index contributed by atoms with van der Waals surface area (Å²) in [4.78, 5) is 8.05. The molecule has 0 radical (unpaired) electrons. The molecule has 34 heavy (non-hydrogen) atoms. The molecule has 0 spiro atoms. The van der Waals surface area contributed by atoms with Crippen LogP contribution in [0.1, 0.15) is 23.6 Å². The van der Waals surface area contributed by atoms with E-state index in [1.165, 1.54) is 18.3 Å². The van der Waals surface area contributed by atoms with Gasteiger partial charge in [-0.15, -0.1) is 0 Å². The van der Waals surface area contributed by atoms with Crippen LogP contribution in [0.15, 0.2) is 48.7 Å². The largest absolute Gasteiger partial charge is 0.517 e. The van der Waals surface area contributed by atoms with Gasteiger partial charge in [0.05, 0.1) is 12.3 Å². The molecule has 8 nitrogen and oxygen atoms in total. The molecule has 1 aliphatic rings. The van der Waals surface area contributed by atoms with E-state index < -0.39 is 28.6 Å². The van der Waals surface area contributed by atoms with Crippen molar-refractivity contribution in [3.05, 3.63) is 65.4 Å². The molecule has 2 N–H and O–H groups in total. The Hall–Kier alpha value is -3.16. The number of fused-ring (bicyclic) bond motifs is 1. The zero-order chi connectivity index (χ0) is 24.7. The molecule has 3 aromatic rings. The summed E-state index contributed by atoms with van der Waals surface area (Å²) in [5, 5.41) is 13.0. The van der Waals surface area contributed by atoms with E-state index in [0.29, 0.717) is 34.3 Å². The van der Waals surface area contributed by atoms with Crippen molar-refractivity contribution in [2.24, 2.45) is 0 Å². The number of para-hydroxylation sites is 1. The second kappa shape index (κ2) is 8.89. The standard InChI is InChI=1S/C21H20BF3N4O4S/c1-3-14-9-17(10-15-12-33-22(30)18(14)15)29(34(31,32)21(23,24)25)20-26-11-13(2)19(28-20)27-16-7-5-4-6-8-16/h4-11,30H,3,12H2,1-2H3,(H,26,27,28). The topological polar surface area (TPSA) is 105 Å². The van der Waals surface area contributed by atoms with E-state index in [0.717, 1.165) is 0 Å². The fourth-order valence-electron chi connectivity index (χ4n) is 3.64. The Morgan fingerprint density at radius 1 is 1.24 bits per heavy atom. The summed E-state index contributed by atoms with van der Waals surface area (Å²) in [6.07, 6.45) is 1.57. The molecule has 0 saturated heterocycles. The van der Waals surface area contributed by atoms with Crippen LogP contribution in [0.3, 0.4) is 0 Å². The maximum Gasteiger partial charge on any atom is 0.517 e. The van der Waals surface area contributed by atoms with Gasteiger partial charge in [-0.2, -0.15) is 30.9 Å². The lowest BCUT2D eigenvalue weighted by Crippen LogP contribution is -2.39. The summed E-state index contributed by atoms with van der Waals surface area (Å²) in [6, 6.07) is 11.3. The van der Waals surface area contributed by atoms with Crippen LogP contribution in [0.2, 0.25) is 0 Å². The van der Waals surface area contributed by atoms with E-state index in [1.54, 1.807) is 44.2 Å². The van der Waals surface area contributed by atoms with Crippen molar-refractivity contribution in [2.75, 3.05) is 9.62 Å². The number of anilines is 4. The van der Waals surface area contributed by atoms with E-state index in [2.05, 4.69) is 15.3 Å². The van der Waals surface area contributed by atoms with Crippen molar-refractivity contribution in [3.63, 3.8) is 0 Å². The first-order chi connectivity index (χ1) is 16.0. The van der Waals surface area contributed by atoms with Crippen LogP contribution in [0, 0.1) is 6.92 Å². The summed E-state index contributed by atoms with van der Waals surface area (Å²) in [7, 11) is -7.16. The summed E-state index contributed by atoms with van der Waals surface area (Å²) in [5.41, 5.74) is -3.55. The fourth-order valence-corrected chi connectivity index (χ4v) is 4.53. The average Bonchev–Trinajstić information content (AvgIpc) is 3.16. The predicted octanol–water partition coefficient (Wildman–Crippen LogP) is 3.30. The minimum Gasteiger partial charge on any atom is -0.423 e. The predicted molar refractivity (Wildman–Crippen MR) is 122 cm³/mol. The van der Waals surface area contributed by atoms with Crippen molar-refractivity contribution >= 4 is 45.7 Å². The zero-order valence-corrected chi connectivity index (χ0v) is 19.0. The molecule has 178 valence electrons. The van der Waals surface area contributed by atoms with Crippen molar-refractivity contribution < 1.29 is 31.3 Å².